The molecule has 3 rings (SSSR count). The number of ether oxygens (including phenoxy) is 3. The fourth-order valence-electron chi connectivity index (χ4n) is 2.58. The van der Waals surface area contributed by atoms with Crippen LogP contribution in [0.25, 0.3) is 0 Å². The Labute approximate surface area is 168 Å². The number of nitrogens with zero attached hydrogens (tertiary/aromatic N) is 2. The van der Waals surface area contributed by atoms with E-state index in [4.69, 9.17) is 14.2 Å². The van der Waals surface area contributed by atoms with Gasteiger partial charge >= 0.3 is 0 Å². The van der Waals surface area contributed by atoms with Gasteiger partial charge in [0.25, 0.3) is 5.91 Å². The van der Waals surface area contributed by atoms with Crippen LogP contribution in [0.15, 0.2) is 54.7 Å². The number of hydrogen-bond acceptors (Lipinski definition) is 7. The predicted molar refractivity (Wildman–Crippen MR) is 110 cm³/mol. The number of amides is 1. The van der Waals surface area contributed by atoms with Crippen LogP contribution < -0.4 is 24.8 Å². The van der Waals surface area contributed by atoms with E-state index in [-0.39, 0.29) is 11.6 Å². The summed E-state index contributed by atoms with van der Waals surface area (Å²) in [6, 6.07) is 14.1. The molecule has 1 aromatic heterocycles. The maximum atomic E-state index is 12.6. The summed E-state index contributed by atoms with van der Waals surface area (Å²) in [5.74, 6) is 1.82. The second-order valence-corrected chi connectivity index (χ2v) is 5.87. The Morgan fingerprint density at radius 2 is 1.69 bits per heavy atom. The zero-order chi connectivity index (χ0) is 20.6. The summed E-state index contributed by atoms with van der Waals surface area (Å²) >= 11 is 0. The zero-order valence-corrected chi connectivity index (χ0v) is 16.4. The number of nitrogens with one attached hydrogen (secondary N) is 2. The van der Waals surface area contributed by atoms with Crippen LogP contribution in [0.5, 0.6) is 17.2 Å². The summed E-state index contributed by atoms with van der Waals surface area (Å²) < 4.78 is 15.9. The first-order valence-corrected chi connectivity index (χ1v) is 8.99. The van der Waals surface area contributed by atoms with Gasteiger partial charge in [-0.3, -0.25) is 4.79 Å². The second-order valence-electron chi connectivity index (χ2n) is 5.87. The van der Waals surface area contributed by atoms with Gasteiger partial charge in [0.05, 0.1) is 20.8 Å². The highest BCUT2D eigenvalue weighted by Crippen LogP contribution is 2.29. The first-order valence-electron chi connectivity index (χ1n) is 8.99. The lowest BCUT2D eigenvalue weighted by Crippen LogP contribution is -2.14. The molecule has 0 unspecified atom stereocenters. The Bertz CT molecular complexity index is 977. The van der Waals surface area contributed by atoms with Crippen LogP contribution in [-0.2, 0) is 0 Å². The average Bonchev–Trinajstić information content (AvgIpc) is 2.75. The Kier molecular flexibility index (Phi) is 6.47. The van der Waals surface area contributed by atoms with Crippen molar-refractivity contribution in [3.05, 3.63) is 60.4 Å². The molecule has 0 fully saturated rings. The monoisotopic (exact) mass is 394 g/mol. The third-order valence-corrected chi connectivity index (χ3v) is 3.95. The predicted octanol–water partition coefficient (Wildman–Crippen LogP) is 3.89. The number of hydrogen-bond donors (Lipinski definition) is 2. The molecule has 0 saturated heterocycles. The summed E-state index contributed by atoms with van der Waals surface area (Å²) in [5.41, 5.74) is 1.57. The van der Waals surface area contributed by atoms with Gasteiger partial charge < -0.3 is 24.8 Å². The maximum absolute atomic E-state index is 12.6. The summed E-state index contributed by atoms with van der Waals surface area (Å²) in [4.78, 5) is 21.0. The molecule has 0 aliphatic carbocycles. The van der Waals surface area contributed by atoms with E-state index in [1.165, 1.54) is 13.3 Å². The molecule has 8 nitrogen and oxygen atoms in total. The fraction of sp³-hybridized carbons (Fsp3) is 0.190. The molecule has 29 heavy (non-hydrogen) atoms. The van der Waals surface area contributed by atoms with Crippen LogP contribution in [0.3, 0.4) is 0 Å². The molecule has 1 heterocycles. The van der Waals surface area contributed by atoms with Crippen LogP contribution in [0.1, 0.15) is 17.4 Å². The number of carbonyl (C=O) groups is 1. The summed E-state index contributed by atoms with van der Waals surface area (Å²) in [7, 11) is 3.09. The van der Waals surface area contributed by atoms with E-state index in [0.29, 0.717) is 29.7 Å². The largest absolute Gasteiger partial charge is 0.494 e. The molecule has 0 aliphatic heterocycles. The van der Waals surface area contributed by atoms with Crippen LogP contribution in [0, 0.1) is 0 Å². The third-order valence-electron chi connectivity index (χ3n) is 3.95. The summed E-state index contributed by atoms with van der Waals surface area (Å²) in [6.07, 6.45) is 1.52. The van der Waals surface area contributed by atoms with Gasteiger partial charge in [-0.15, -0.1) is 0 Å². The lowest BCUT2D eigenvalue weighted by Gasteiger charge is -2.11. The van der Waals surface area contributed by atoms with E-state index in [1.54, 1.807) is 31.4 Å². The van der Waals surface area contributed by atoms with E-state index in [2.05, 4.69) is 20.6 Å². The van der Waals surface area contributed by atoms with Crippen molar-refractivity contribution < 1.29 is 19.0 Å². The number of carbonyl (C=O) groups excluding carboxylic acids is 1. The van der Waals surface area contributed by atoms with Crippen LogP contribution in [0.4, 0.5) is 17.3 Å². The molecule has 2 aromatic carbocycles. The number of benzene rings is 2. The molecule has 150 valence electrons. The van der Waals surface area contributed by atoms with Gasteiger partial charge in [-0.05, 0) is 49.4 Å². The van der Waals surface area contributed by atoms with E-state index >= 15 is 0 Å². The molecule has 0 aliphatic rings. The van der Waals surface area contributed by atoms with Crippen LogP contribution in [-0.4, -0.2) is 36.7 Å². The van der Waals surface area contributed by atoms with E-state index < -0.39 is 0 Å². The van der Waals surface area contributed by atoms with Crippen molar-refractivity contribution in [1.82, 2.24) is 9.97 Å². The SMILES string of the molecule is CCOc1ccc(Nc2nccc(C(=O)Nc3ccc(OC)c(OC)c3)n2)cc1. The normalized spacial score (nSPS) is 10.2. The lowest BCUT2D eigenvalue weighted by molar-refractivity contribution is 0.102. The molecule has 8 heteroatoms. The molecular formula is C21H22N4O4. The number of anilines is 3. The molecule has 0 saturated carbocycles. The smallest absolute Gasteiger partial charge is 0.274 e. The fourth-order valence-corrected chi connectivity index (χ4v) is 2.58. The Hall–Kier alpha value is -3.81. The number of rotatable bonds is 8. The highest BCUT2D eigenvalue weighted by atomic mass is 16.5. The minimum absolute atomic E-state index is 0.225. The molecule has 0 bridgehead atoms. The van der Waals surface area contributed by atoms with Gasteiger partial charge in [-0.25, -0.2) is 9.97 Å². The van der Waals surface area contributed by atoms with Crippen molar-refractivity contribution in [2.75, 3.05) is 31.5 Å². The summed E-state index contributed by atoms with van der Waals surface area (Å²) in [5, 5.41) is 5.86. The second kappa shape index (κ2) is 9.41. The topological polar surface area (TPSA) is 94.6 Å². The summed E-state index contributed by atoms with van der Waals surface area (Å²) in [6.45, 7) is 2.53. The Balaban J connectivity index is 1.70. The highest BCUT2D eigenvalue weighted by molar-refractivity contribution is 6.03. The molecular weight excluding hydrogens is 372 g/mol. The van der Waals surface area contributed by atoms with Crippen molar-refractivity contribution in [1.29, 1.82) is 0 Å². The quantitative estimate of drug-likeness (QED) is 0.598. The standard InChI is InChI=1S/C21H22N4O4/c1-4-29-16-8-5-14(6-9-16)24-21-22-12-11-17(25-21)20(26)23-15-7-10-18(27-2)19(13-15)28-3/h5-13H,4H2,1-3H3,(H,23,26)(H,22,24,25). The van der Waals surface area contributed by atoms with Crippen LogP contribution >= 0.6 is 0 Å². The highest BCUT2D eigenvalue weighted by Gasteiger charge is 2.12. The minimum atomic E-state index is -0.366. The van der Waals surface area contributed by atoms with Crippen molar-refractivity contribution >= 4 is 23.2 Å². The average molecular weight is 394 g/mol. The molecule has 0 atom stereocenters. The zero-order valence-electron chi connectivity index (χ0n) is 16.4. The van der Waals surface area contributed by atoms with Gasteiger partial charge in [-0.1, -0.05) is 0 Å². The third kappa shape index (κ3) is 5.13. The molecule has 2 N–H and O–H groups in total. The molecule has 0 radical (unpaired) electrons. The van der Waals surface area contributed by atoms with Crippen LogP contribution in [0.2, 0.25) is 0 Å². The van der Waals surface area contributed by atoms with Crippen molar-refractivity contribution in [2.24, 2.45) is 0 Å². The van der Waals surface area contributed by atoms with E-state index in [9.17, 15) is 4.79 Å². The van der Waals surface area contributed by atoms with Gasteiger partial charge in [0.15, 0.2) is 11.5 Å². The Morgan fingerprint density at radius 1 is 0.966 bits per heavy atom. The number of aromatic nitrogens is 2. The first-order chi connectivity index (χ1) is 14.1. The van der Waals surface area contributed by atoms with Crippen molar-refractivity contribution in [3.8, 4) is 17.2 Å². The lowest BCUT2D eigenvalue weighted by atomic mass is 10.2. The van der Waals surface area contributed by atoms with Gasteiger partial charge in [0.1, 0.15) is 11.4 Å². The number of methoxy groups -OCH3 is 2. The van der Waals surface area contributed by atoms with Gasteiger partial charge in [-0.2, -0.15) is 0 Å². The van der Waals surface area contributed by atoms with E-state index in [1.807, 2.05) is 31.2 Å². The van der Waals surface area contributed by atoms with Gasteiger partial charge in [0.2, 0.25) is 5.95 Å². The molecule has 3 aromatic rings. The van der Waals surface area contributed by atoms with Crippen molar-refractivity contribution in [2.45, 2.75) is 6.92 Å². The first kappa shape index (κ1) is 19.9. The van der Waals surface area contributed by atoms with E-state index in [0.717, 1.165) is 11.4 Å². The molecule has 0 spiro atoms. The Morgan fingerprint density at radius 3 is 2.38 bits per heavy atom. The minimum Gasteiger partial charge on any atom is -0.494 e. The molecule has 1 amide bonds. The van der Waals surface area contributed by atoms with Crippen molar-refractivity contribution in [3.63, 3.8) is 0 Å². The van der Waals surface area contributed by atoms with Gasteiger partial charge in [0, 0.05) is 23.6 Å². The maximum Gasteiger partial charge on any atom is 0.274 e.